The van der Waals surface area contributed by atoms with Crippen LogP contribution in [0, 0.1) is 5.92 Å². The normalized spacial score (nSPS) is 21.9. The minimum atomic E-state index is 0.109. The molecule has 124 valence electrons. The van der Waals surface area contributed by atoms with Gasteiger partial charge in [-0.15, -0.1) is 0 Å². The SMILES string of the molecule is COc1ccc([C@@H]2[C@H]3CCc4ccccc4C3=NN2CCO)cc1. The second-order valence-corrected chi connectivity index (χ2v) is 6.39. The lowest BCUT2D eigenvalue weighted by Crippen LogP contribution is -2.30. The maximum Gasteiger partial charge on any atom is 0.118 e. The lowest BCUT2D eigenvalue weighted by molar-refractivity contribution is 0.152. The number of nitrogens with zero attached hydrogens (tertiary/aromatic N) is 2. The molecule has 0 radical (unpaired) electrons. The number of hydrogen-bond donors (Lipinski definition) is 1. The first-order valence-electron chi connectivity index (χ1n) is 8.50. The fourth-order valence-electron chi connectivity index (χ4n) is 3.98. The molecule has 4 heteroatoms. The van der Waals surface area contributed by atoms with Gasteiger partial charge in [0.2, 0.25) is 0 Å². The number of aliphatic hydroxyl groups excluding tert-OH is 1. The third-order valence-electron chi connectivity index (χ3n) is 5.09. The van der Waals surface area contributed by atoms with Crippen molar-refractivity contribution in [3.63, 3.8) is 0 Å². The molecule has 2 aromatic carbocycles. The van der Waals surface area contributed by atoms with Gasteiger partial charge in [0.15, 0.2) is 0 Å². The van der Waals surface area contributed by atoms with Gasteiger partial charge in [0.1, 0.15) is 5.75 Å². The van der Waals surface area contributed by atoms with E-state index in [-0.39, 0.29) is 12.6 Å². The molecule has 4 nitrogen and oxygen atoms in total. The summed E-state index contributed by atoms with van der Waals surface area (Å²) >= 11 is 0. The van der Waals surface area contributed by atoms with Crippen LogP contribution in [0.1, 0.15) is 29.2 Å². The number of rotatable bonds is 4. The highest BCUT2D eigenvalue weighted by atomic mass is 16.5. The number of hydrazone groups is 1. The number of fused-ring (bicyclic) bond motifs is 3. The van der Waals surface area contributed by atoms with Crippen molar-refractivity contribution in [2.45, 2.75) is 18.9 Å². The molecule has 0 saturated carbocycles. The molecule has 0 fully saturated rings. The van der Waals surface area contributed by atoms with Crippen molar-refractivity contribution in [1.29, 1.82) is 0 Å². The number of β-amino-alcohol motifs (C(OH)–C–C–N with tert-alkyl or cyclic N) is 1. The number of aliphatic hydroxyl groups is 1. The molecule has 2 aliphatic rings. The van der Waals surface area contributed by atoms with E-state index in [0.29, 0.717) is 12.5 Å². The smallest absolute Gasteiger partial charge is 0.118 e. The molecule has 2 aromatic rings. The Hall–Kier alpha value is -2.33. The quantitative estimate of drug-likeness (QED) is 0.941. The van der Waals surface area contributed by atoms with E-state index >= 15 is 0 Å². The number of benzene rings is 2. The van der Waals surface area contributed by atoms with Gasteiger partial charge in [-0.3, -0.25) is 5.01 Å². The molecule has 1 aliphatic carbocycles. The van der Waals surface area contributed by atoms with E-state index in [1.807, 2.05) is 12.1 Å². The Kier molecular flexibility index (Phi) is 3.98. The minimum Gasteiger partial charge on any atom is -0.497 e. The predicted molar refractivity (Wildman–Crippen MR) is 94.3 cm³/mol. The Morgan fingerprint density at radius 2 is 1.96 bits per heavy atom. The molecule has 0 amide bonds. The Balaban J connectivity index is 1.72. The highest BCUT2D eigenvalue weighted by molar-refractivity contribution is 6.05. The number of hydrogen-bond acceptors (Lipinski definition) is 4. The zero-order valence-corrected chi connectivity index (χ0v) is 13.9. The van der Waals surface area contributed by atoms with Crippen LogP contribution in [0.25, 0.3) is 0 Å². The van der Waals surface area contributed by atoms with Gasteiger partial charge in [0.25, 0.3) is 0 Å². The topological polar surface area (TPSA) is 45.1 Å². The Bertz CT molecular complexity index is 754. The summed E-state index contributed by atoms with van der Waals surface area (Å²) in [6.45, 7) is 0.663. The van der Waals surface area contributed by atoms with Crippen molar-refractivity contribution in [3.05, 3.63) is 65.2 Å². The molecule has 1 heterocycles. The second kappa shape index (κ2) is 6.29. The minimum absolute atomic E-state index is 0.109. The molecule has 0 bridgehead atoms. The summed E-state index contributed by atoms with van der Waals surface area (Å²) in [7, 11) is 1.68. The number of methoxy groups -OCH3 is 1. The maximum absolute atomic E-state index is 9.47. The molecular weight excluding hydrogens is 300 g/mol. The zero-order chi connectivity index (χ0) is 16.5. The van der Waals surface area contributed by atoms with E-state index < -0.39 is 0 Å². The van der Waals surface area contributed by atoms with Crippen LogP contribution in [0.5, 0.6) is 5.75 Å². The average molecular weight is 322 g/mol. The van der Waals surface area contributed by atoms with E-state index in [0.717, 1.165) is 18.6 Å². The molecule has 1 aliphatic heterocycles. The summed E-state index contributed by atoms with van der Waals surface area (Å²) in [5.41, 5.74) is 5.05. The molecular formula is C20H22N2O2. The van der Waals surface area contributed by atoms with E-state index in [4.69, 9.17) is 9.84 Å². The summed E-state index contributed by atoms with van der Waals surface area (Å²) in [6, 6.07) is 17.0. The highest BCUT2D eigenvalue weighted by Gasteiger charge is 2.40. The van der Waals surface area contributed by atoms with E-state index in [1.54, 1.807) is 7.11 Å². The second-order valence-electron chi connectivity index (χ2n) is 6.39. The first-order chi connectivity index (χ1) is 11.8. The Morgan fingerprint density at radius 3 is 2.71 bits per heavy atom. The fourth-order valence-corrected chi connectivity index (χ4v) is 3.98. The molecule has 0 unspecified atom stereocenters. The lowest BCUT2D eigenvalue weighted by atomic mass is 9.77. The van der Waals surface area contributed by atoms with Crippen LogP contribution in [0.2, 0.25) is 0 Å². The molecule has 24 heavy (non-hydrogen) atoms. The van der Waals surface area contributed by atoms with Crippen LogP contribution in [-0.4, -0.2) is 36.1 Å². The molecule has 1 N–H and O–H groups in total. The predicted octanol–water partition coefficient (Wildman–Crippen LogP) is 3.01. The van der Waals surface area contributed by atoms with E-state index in [2.05, 4.69) is 41.4 Å². The molecule has 4 rings (SSSR count). The summed E-state index contributed by atoms with van der Waals surface area (Å²) in [5.74, 6) is 1.24. The highest BCUT2D eigenvalue weighted by Crippen LogP contribution is 2.43. The van der Waals surface area contributed by atoms with Crippen molar-refractivity contribution in [1.82, 2.24) is 5.01 Å². The van der Waals surface area contributed by atoms with Crippen molar-refractivity contribution in [2.75, 3.05) is 20.3 Å². The summed E-state index contributed by atoms with van der Waals surface area (Å²) in [5, 5.41) is 16.4. The lowest BCUT2D eigenvalue weighted by Gasteiger charge is -2.30. The van der Waals surface area contributed by atoms with Gasteiger partial charge in [0, 0.05) is 11.5 Å². The standard InChI is InChI=1S/C20H22N2O2/c1-24-16-9-6-15(7-10-16)20-18-11-8-14-4-2-3-5-17(14)19(18)21-22(20)12-13-23/h2-7,9-10,18,20,23H,8,11-13H2,1H3/t18-,20+/m0/s1. The molecule has 2 atom stereocenters. The van der Waals surface area contributed by atoms with Crippen LogP contribution >= 0.6 is 0 Å². The summed E-state index contributed by atoms with van der Waals surface area (Å²) < 4.78 is 5.28. The fraction of sp³-hybridized carbons (Fsp3) is 0.350. The largest absolute Gasteiger partial charge is 0.497 e. The van der Waals surface area contributed by atoms with Gasteiger partial charge >= 0.3 is 0 Å². The van der Waals surface area contributed by atoms with Gasteiger partial charge < -0.3 is 9.84 Å². The van der Waals surface area contributed by atoms with Crippen molar-refractivity contribution in [3.8, 4) is 5.75 Å². The third kappa shape index (κ3) is 2.47. The monoisotopic (exact) mass is 322 g/mol. The van der Waals surface area contributed by atoms with Crippen LogP contribution < -0.4 is 4.74 Å². The number of ether oxygens (including phenoxy) is 1. The van der Waals surface area contributed by atoms with Crippen molar-refractivity contribution < 1.29 is 9.84 Å². The summed E-state index contributed by atoms with van der Waals surface area (Å²) in [6.07, 6.45) is 2.17. The molecule has 0 saturated heterocycles. The average Bonchev–Trinajstić information content (AvgIpc) is 3.00. The van der Waals surface area contributed by atoms with E-state index in [9.17, 15) is 5.11 Å². The van der Waals surface area contributed by atoms with Crippen molar-refractivity contribution in [2.24, 2.45) is 11.0 Å². The van der Waals surface area contributed by atoms with Crippen LogP contribution in [0.15, 0.2) is 53.6 Å². The third-order valence-corrected chi connectivity index (χ3v) is 5.09. The van der Waals surface area contributed by atoms with Gasteiger partial charge in [-0.2, -0.15) is 5.10 Å². The van der Waals surface area contributed by atoms with Crippen LogP contribution in [-0.2, 0) is 6.42 Å². The maximum atomic E-state index is 9.47. The van der Waals surface area contributed by atoms with Crippen LogP contribution in [0.4, 0.5) is 0 Å². The summed E-state index contributed by atoms with van der Waals surface area (Å²) in [4.78, 5) is 0. The molecule has 0 spiro atoms. The van der Waals surface area contributed by atoms with Gasteiger partial charge in [-0.25, -0.2) is 0 Å². The van der Waals surface area contributed by atoms with Gasteiger partial charge in [0.05, 0.1) is 32.0 Å². The van der Waals surface area contributed by atoms with Crippen molar-refractivity contribution >= 4 is 5.71 Å². The molecule has 0 aromatic heterocycles. The Labute approximate surface area is 142 Å². The first-order valence-corrected chi connectivity index (χ1v) is 8.50. The zero-order valence-electron chi connectivity index (χ0n) is 13.9. The van der Waals surface area contributed by atoms with Gasteiger partial charge in [-0.1, -0.05) is 36.4 Å². The van der Waals surface area contributed by atoms with E-state index in [1.165, 1.54) is 22.4 Å². The Morgan fingerprint density at radius 1 is 1.17 bits per heavy atom. The van der Waals surface area contributed by atoms with Gasteiger partial charge in [-0.05, 0) is 36.1 Å². The van der Waals surface area contributed by atoms with Crippen LogP contribution in [0.3, 0.4) is 0 Å². The number of aryl methyl sites for hydroxylation is 1. The first kappa shape index (κ1) is 15.2.